The van der Waals surface area contributed by atoms with Gasteiger partial charge in [0.2, 0.25) is 0 Å². The van der Waals surface area contributed by atoms with Crippen LogP contribution in [-0.4, -0.2) is 37.2 Å². The Bertz CT molecular complexity index is 477. The molecule has 7 nitrogen and oxygen atoms in total. The Kier molecular flexibility index (Phi) is 5.77. The largest absolute Gasteiger partial charge is 0.381 e. The standard InChI is InChI=1S/C11H22N4O3S/c1-9(2)18-7-5-4-6-14-19(16,17)11-10(12)13-8-15(11)3/h8-9,14H,4-7,12H2,1-3H3. The van der Waals surface area contributed by atoms with Gasteiger partial charge in [-0.15, -0.1) is 0 Å². The van der Waals surface area contributed by atoms with Gasteiger partial charge < -0.3 is 15.0 Å². The van der Waals surface area contributed by atoms with Crippen molar-refractivity contribution in [2.75, 3.05) is 18.9 Å². The second-order valence-electron chi connectivity index (χ2n) is 4.57. The van der Waals surface area contributed by atoms with Crippen LogP contribution < -0.4 is 10.5 Å². The molecule has 19 heavy (non-hydrogen) atoms. The molecule has 0 aliphatic heterocycles. The molecular formula is C11H22N4O3S. The molecule has 0 unspecified atom stereocenters. The smallest absolute Gasteiger partial charge is 0.260 e. The second-order valence-corrected chi connectivity index (χ2v) is 6.25. The van der Waals surface area contributed by atoms with Crippen LogP contribution in [0.5, 0.6) is 0 Å². The number of ether oxygens (including phenoxy) is 1. The first kappa shape index (κ1) is 15.9. The van der Waals surface area contributed by atoms with Gasteiger partial charge in [-0.25, -0.2) is 18.1 Å². The van der Waals surface area contributed by atoms with Crippen LogP contribution in [0.15, 0.2) is 11.4 Å². The molecule has 0 radical (unpaired) electrons. The third-order valence-electron chi connectivity index (χ3n) is 2.48. The van der Waals surface area contributed by atoms with Gasteiger partial charge in [-0.3, -0.25) is 0 Å². The van der Waals surface area contributed by atoms with Crippen molar-refractivity contribution in [1.82, 2.24) is 14.3 Å². The van der Waals surface area contributed by atoms with Gasteiger partial charge in [-0.2, -0.15) is 0 Å². The van der Waals surface area contributed by atoms with Crippen LogP contribution >= 0.6 is 0 Å². The summed E-state index contributed by atoms with van der Waals surface area (Å²) in [6.45, 7) is 4.92. The van der Waals surface area contributed by atoms with E-state index in [9.17, 15) is 8.42 Å². The predicted octanol–water partition coefficient (Wildman–Crippen LogP) is 0.486. The van der Waals surface area contributed by atoms with Crippen molar-refractivity contribution in [3.63, 3.8) is 0 Å². The van der Waals surface area contributed by atoms with E-state index in [1.807, 2.05) is 13.8 Å². The van der Waals surface area contributed by atoms with Crippen LogP contribution in [0.2, 0.25) is 0 Å². The third kappa shape index (κ3) is 4.81. The number of anilines is 1. The molecule has 0 saturated heterocycles. The number of sulfonamides is 1. The van der Waals surface area contributed by atoms with Crippen LogP contribution in [0.4, 0.5) is 5.82 Å². The number of nitrogens with zero attached hydrogens (tertiary/aromatic N) is 2. The summed E-state index contributed by atoms with van der Waals surface area (Å²) in [5, 5.41) is 0.00549. The van der Waals surface area contributed by atoms with Crippen molar-refractivity contribution >= 4 is 15.8 Å². The maximum Gasteiger partial charge on any atom is 0.260 e. The summed E-state index contributed by atoms with van der Waals surface area (Å²) < 4.78 is 33.3. The Morgan fingerprint density at radius 2 is 2.16 bits per heavy atom. The summed E-state index contributed by atoms with van der Waals surface area (Å²) >= 11 is 0. The molecule has 0 bridgehead atoms. The maximum atomic E-state index is 12.0. The molecule has 1 heterocycles. The number of nitrogens with one attached hydrogen (secondary N) is 1. The van der Waals surface area contributed by atoms with E-state index in [0.717, 1.165) is 6.42 Å². The molecule has 3 N–H and O–H groups in total. The number of nitrogen functional groups attached to an aromatic ring is 1. The van der Waals surface area contributed by atoms with Gasteiger partial charge in [0.25, 0.3) is 10.0 Å². The summed E-state index contributed by atoms with van der Waals surface area (Å²) in [7, 11) is -2.01. The van der Waals surface area contributed by atoms with E-state index in [1.54, 1.807) is 7.05 Å². The molecule has 1 aromatic rings. The van der Waals surface area contributed by atoms with Crippen molar-refractivity contribution in [1.29, 1.82) is 0 Å². The number of aryl methyl sites for hydroxylation is 1. The van der Waals surface area contributed by atoms with Crippen LogP contribution in [-0.2, 0) is 21.8 Å². The highest BCUT2D eigenvalue weighted by atomic mass is 32.2. The van der Waals surface area contributed by atoms with Gasteiger partial charge in [-0.1, -0.05) is 0 Å². The van der Waals surface area contributed by atoms with E-state index in [4.69, 9.17) is 10.5 Å². The zero-order valence-corrected chi connectivity index (χ0v) is 12.4. The normalized spacial score (nSPS) is 12.2. The Morgan fingerprint density at radius 1 is 1.47 bits per heavy atom. The topological polar surface area (TPSA) is 99.2 Å². The summed E-state index contributed by atoms with van der Waals surface area (Å²) in [5.41, 5.74) is 5.54. The zero-order valence-electron chi connectivity index (χ0n) is 11.6. The second kappa shape index (κ2) is 6.88. The lowest BCUT2D eigenvalue weighted by Crippen LogP contribution is -2.27. The molecule has 0 aromatic carbocycles. The van der Waals surface area contributed by atoms with Gasteiger partial charge in [0.1, 0.15) is 0 Å². The van der Waals surface area contributed by atoms with Gasteiger partial charge in [0.05, 0.1) is 12.4 Å². The SMILES string of the molecule is CC(C)OCCCCNS(=O)(=O)c1c(N)ncn1C. The summed E-state index contributed by atoms with van der Waals surface area (Å²) in [6.07, 6.45) is 3.09. The van der Waals surface area contributed by atoms with Crippen molar-refractivity contribution in [3.8, 4) is 0 Å². The number of imidazole rings is 1. The summed E-state index contributed by atoms with van der Waals surface area (Å²) in [6, 6.07) is 0. The number of hydrogen-bond donors (Lipinski definition) is 2. The highest BCUT2D eigenvalue weighted by Gasteiger charge is 2.21. The van der Waals surface area contributed by atoms with Crippen molar-refractivity contribution in [2.24, 2.45) is 7.05 Å². The quantitative estimate of drug-likeness (QED) is 0.679. The van der Waals surface area contributed by atoms with Crippen molar-refractivity contribution < 1.29 is 13.2 Å². The molecular weight excluding hydrogens is 268 g/mol. The summed E-state index contributed by atoms with van der Waals surface area (Å²) in [4.78, 5) is 3.76. The minimum absolute atomic E-state index is 0.00549. The van der Waals surface area contributed by atoms with Gasteiger partial charge in [0.15, 0.2) is 10.8 Å². The predicted molar refractivity (Wildman–Crippen MR) is 73.1 cm³/mol. The van der Waals surface area contributed by atoms with Crippen LogP contribution in [0, 0.1) is 0 Å². The van der Waals surface area contributed by atoms with Crippen LogP contribution in [0.1, 0.15) is 26.7 Å². The molecule has 1 aromatic heterocycles. The first-order valence-electron chi connectivity index (χ1n) is 6.22. The van der Waals surface area contributed by atoms with E-state index < -0.39 is 10.0 Å². The molecule has 0 amide bonds. The van der Waals surface area contributed by atoms with E-state index >= 15 is 0 Å². The Morgan fingerprint density at radius 3 is 2.68 bits per heavy atom. The number of rotatable bonds is 8. The molecule has 0 spiro atoms. The fourth-order valence-electron chi connectivity index (χ4n) is 1.59. The highest BCUT2D eigenvalue weighted by Crippen LogP contribution is 2.14. The number of nitrogens with two attached hydrogens (primary N) is 1. The lowest BCUT2D eigenvalue weighted by molar-refractivity contribution is 0.0762. The van der Waals surface area contributed by atoms with Crippen LogP contribution in [0.25, 0.3) is 0 Å². The Balaban J connectivity index is 2.40. The molecule has 0 fully saturated rings. The van der Waals surface area contributed by atoms with Gasteiger partial charge >= 0.3 is 0 Å². The number of unbranched alkanes of at least 4 members (excludes halogenated alkanes) is 1. The molecule has 0 saturated carbocycles. The monoisotopic (exact) mass is 290 g/mol. The lowest BCUT2D eigenvalue weighted by atomic mass is 10.3. The first-order chi connectivity index (χ1) is 8.84. The van der Waals surface area contributed by atoms with E-state index in [-0.39, 0.29) is 16.9 Å². The third-order valence-corrected chi connectivity index (χ3v) is 4.07. The van der Waals surface area contributed by atoms with Gasteiger partial charge in [-0.05, 0) is 26.7 Å². The fourth-order valence-corrected chi connectivity index (χ4v) is 2.89. The highest BCUT2D eigenvalue weighted by molar-refractivity contribution is 7.89. The summed E-state index contributed by atoms with van der Waals surface area (Å²) in [5.74, 6) is 0.0122. The molecule has 0 aliphatic carbocycles. The van der Waals surface area contributed by atoms with E-state index in [0.29, 0.717) is 19.6 Å². The van der Waals surface area contributed by atoms with E-state index in [1.165, 1.54) is 10.9 Å². The molecule has 0 aliphatic rings. The zero-order chi connectivity index (χ0) is 14.5. The average molecular weight is 290 g/mol. The lowest BCUT2D eigenvalue weighted by Gasteiger charge is -2.09. The first-order valence-corrected chi connectivity index (χ1v) is 7.71. The minimum Gasteiger partial charge on any atom is -0.381 e. The minimum atomic E-state index is -3.60. The molecule has 8 heteroatoms. The van der Waals surface area contributed by atoms with Gasteiger partial charge in [0, 0.05) is 20.2 Å². The number of hydrogen-bond acceptors (Lipinski definition) is 5. The molecule has 1 rings (SSSR count). The molecule has 110 valence electrons. The van der Waals surface area contributed by atoms with Crippen LogP contribution in [0.3, 0.4) is 0 Å². The van der Waals surface area contributed by atoms with E-state index in [2.05, 4.69) is 9.71 Å². The fraction of sp³-hybridized carbons (Fsp3) is 0.727. The van der Waals surface area contributed by atoms with Crippen molar-refractivity contribution in [2.45, 2.75) is 37.8 Å². The Labute approximate surface area is 114 Å². The molecule has 0 atom stereocenters. The maximum absolute atomic E-state index is 12.0. The average Bonchev–Trinajstić information content (AvgIpc) is 2.63. The van der Waals surface area contributed by atoms with Crippen molar-refractivity contribution in [3.05, 3.63) is 6.33 Å². The Hall–Kier alpha value is -1.12. The number of aromatic nitrogens is 2.